The molecular formula is C19H24N2O3S. The lowest BCUT2D eigenvalue weighted by molar-refractivity contribution is -0.117. The lowest BCUT2D eigenvalue weighted by Gasteiger charge is -2.26. The Bertz CT molecular complexity index is 818. The maximum absolute atomic E-state index is 12.4. The summed E-state index contributed by atoms with van der Waals surface area (Å²) >= 11 is 0. The van der Waals surface area contributed by atoms with E-state index in [0.717, 1.165) is 11.8 Å². The second kappa shape index (κ2) is 8.27. The van der Waals surface area contributed by atoms with Gasteiger partial charge in [-0.15, -0.1) is 0 Å². The van der Waals surface area contributed by atoms with E-state index in [2.05, 4.69) is 10.2 Å². The molecular weight excluding hydrogens is 336 g/mol. The minimum Gasteiger partial charge on any atom is -0.325 e. The number of hydrogen-bond donors (Lipinski definition) is 1. The van der Waals surface area contributed by atoms with E-state index >= 15 is 0 Å². The Morgan fingerprint density at radius 3 is 2.36 bits per heavy atom. The van der Waals surface area contributed by atoms with Crippen molar-refractivity contribution in [2.24, 2.45) is 0 Å². The van der Waals surface area contributed by atoms with E-state index in [1.807, 2.05) is 44.2 Å². The molecule has 2 aromatic rings. The third-order valence-electron chi connectivity index (χ3n) is 3.85. The van der Waals surface area contributed by atoms with Crippen LogP contribution in [0.1, 0.15) is 19.4 Å². The molecule has 5 nitrogen and oxygen atoms in total. The van der Waals surface area contributed by atoms with Gasteiger partial charge in [0.2, 0.25) is 5.91 Å². The van der Waals surface area contributed by atoms with Gasteiger partial charge in [-0.3, -0.25) is 9.69 Å². The first kappa shape index (κ1) is 19.1. The molecule has 1 amide bonds. The fraction of sp³-hybridized carbons (Fsp3) is 0.316. The van der Waals surface area contributed by atoms with Gasteiger partial charge < -0.3 is 5.32 Å². The van der Waals surface area contributed by atoms with E-state index < -0.39 is 9.84 Å². The molecule has 0 aliphatic heterocycles. The molecule has 0 heterocycles. The SMILES string of the molecule is CC(C)N(CC(=O)Nc1cccc(S(C)(=O)=O)c1)Cc1ccccc1. The van der Waals surface area contributed by atoms with Crippen LogP contribution in [-0.4, -0.2) is 38.1 Å². The highest BCUT2D eigenvalue weighted by Gasteiger charge is 2.15. The van der Waals surface area contributed by atoms with Gasteiger partial charge in [0, 0.05) is 24.5 Å². The Hall–Kier alpha value is -2.18. The first-order valence-electron chi connectivity index (χ1n) is 8.13. The molecule has 0 atom stereocenters. The van der Waals surface area contributed by atoms with Gasteiger partial charge in [0.25, 0.3) is 0 Å². The molecule has 2 rings (SSSR count). The molecule has 0 unspecified atom stereocenters. The second-order valence-electron chi connectivity index (χ2n) is 6.33. The minimum atomic E-state index is -3.30. The molecule has 0 aliphatic carbocycles. The topological polar surface area (TPSA) is 66.5 Å². The van der Waals surface area contributed by atoms with Crippen molar-refractivity contribution >= 4 is 21.4 Å². The van der Waals surface area contributed by atoms with Gasteiger partial charge in [-0.25, -0.2) is 8.42 Å². The Balaban J connectivity index is 2.04. The summed E-state index contributed by atoms with van der Waals surface area (Å²) < 4.78 is 23.2. The molecule has 0 bridgehead atoms. The Kier molecular flexibility index (Phi) is 6.33. The zero-order valence-corrected chi connectivity index (χ0v) is 15.6. The molecule has 2 aromatic carbocycles. The average Bonchev–Trinajstić information content (AvgIpc) is 2.54. The molecule has 134 valence electrons. The maximum Gasteiger partial charge on any atom is 0.238 e. The van der Waals surface area contributed by atoms with Crippen LogP contribution in [0, 0.1) is 0 Å². The third-order valence-corrected chi connectivity index (χ3v) is 4.96. The second-order valence-corrected chi connectivity index (χ2v) is 8.35. The number of amides is 1. The van der Waals surface area contributed by atoms with Crippen LogP contribution in [0.3, 0.4) is 0 Å². The molecule has 25 heavy (non-hydrogen) atoms. The van der Waals surface area contributed by atoms with Crippen LogP contribution in [0.15, 0.2) is 59.5 Å². The number of rotatable bonds is 7. The van der Waals surface area contributed by atoms with Crippen molar-refractivity contribution in [1.29, 1.82) is 0 Å². The predicted octanol–water partition coefficient (Wildman–Crippen LogP) is 2.94. The number of sulfone groups is 1. The summed E-state index contributed by atoms with van der Waals surface area (Å²) in [5, 5.41) is 2.78. The van der Waals surface area contributed by atoms with Crippen LogP contribution in [0.2, 0.25) is 0 Å². The van der Waals surface area contributed by atoms with Gasteiger partial charge in [0.15, 0.2) is 9.84 Å². The van der Waals surface area contributed by atoms with E-state index in [0.29, 0.717) is 12.2 Å². The van der Waals surface area contributed by atoms with Crippen LogP contribution in [0.4, 0.5) is 5.69 Å². The first-order valence-corrected chi connectivity index (χ1v) is 10.0. The van der Waals surface area contributed by atoms with E-state index in [1.165, 1.54) is 12.1 Å². The molecule has 1 N–H and O–H groups in total. The number of hydrogen-bond acceptors (Lipinski definition) is 4. The number of carbonyl (C=O) groups excluding carboxylic acids is 1. The normalized spacial score (nSPS) is 11.7. The largest absolute Gasteiger partial charge is 0.325 e. The molecule has 0 spiro atoms. The Morgan fingerprint density at radius 1 is 1.08 bits per heavy atom. The van der Waals surface area contributed by atoms with Gasteiger partial charge in [-0.2, -0.15) is 0 Å². The molecule has 0 saturated heterocycles. The van der Waals surface area contributed by atoms with Crippen LogP contribution in [-0.2, 0) is 21.2 Å². The summed E-state index contributed by atoms with van der Waals surface area (Å²) in [5.74, 6) is -0.171. The fourth-order valence-electron chi connectivity index (χ4n) is 2.43. The predicted molar refractivity (Wildman–Crippen MR) is 100 cm³/mol. The summed E-state index contributed by atoms with van der Waals surface area (Å²) in [6.07, 6.45) is 1.15. The number of nitrogens with zero attached hydrogens (tertiary/aromatic N) is 1. The van der Waals surface area contributed by atoms with E-state index in [4.69, 9.17) is 0 Å². The molecule has 0 saturated carbocycles. The highest BCUT2D eigenvalue weighted by atomic mass is 32.2. The highest BCUT2D eigenvalue weighted by Crippen LogP contribution is 2.15. The number of benzene rings is 2. The molecule has 0 fully saturated rings. The zero-order valence-electron chi connectivity index (χ0n) is 14.8. The van der Waals surface area contributed by atoms with Crippen LogP contribution in [0.5, 0.6) is 0 Å². The Morgan fingerprint density at radius 2 is 1.76 bits per heavy atom. The van der Waals surface area contributed by atoms with Crippen molar-refractivity contribution in [3.63, 3.8) is 0 Å². The standard InChI is InChI=1S/C19H24N2O3S/c1-15(2)21(13-16-8-5-4-6-9-16)14-19(22)20-17-10-7-11-18(12-17)25(3,23)24/h4-12,15H,13-14H2,1-3H3,(H,20,22). The van der Waals surface area contributed by atoms with Gasteiger partial charge in [-0.1, -0.05) is 36.4 Å². The summed E-state index contributed by atoms with van der Waals surface area (Å²) in [6, 6.07) is 16.5. The highest BCUT2D eigenvalue weighted by molar-refractivity contribution is 7.90. The zero-order chi connectivity index (χ0) is 18.4. The summed E-state index contributed by atoms with van der Waals surface area (Å²) in [5.41, 5.74) is 1.62. The van der Waals surface area contributed by atoms with Crippen LogP contribution < -0.4 is 5.32 Å². The lowest BCUT2D eigenvalue weighted by Crippen LogP contribution is -2.37. The molecule has 6 heteroatoms. The molecule has 0 aromatic heterocycles. The minimum absolute atomic E-state index is 0.171. The van der Waals surface area contributed by atoms with E-state index in [9.17, 15) is 13.2 Å². The summed E-state index contributed by atoms with van der Waals surface area (Å²) in [4.78, 5) is 14.6. The van der Waals surface area contributed by atoms with E-state index in [-0.39, 0.29) is 23.4 Å². The maximum atomic E-state index is 12.4. The van der Waals surface area contributed by atoms with Crippen molar-refractivity contribution in [2.45, 2.75) is 31.3 Å². The molecule has 0 radical (unpaired) electrons. The van der Waals surface area contributed by atoms with Crippen LogP contribution >= 0.6 is 0 Å². The van der Waals surface area contributed by atoms with Crippen LogP contribution in [0.25, 0.3) is 0 Å². The van der Waals surface area contributed by atoms with Gasteiger partial charge in [0.05, 0.1) is 11.4 Å². The van der Waals surface area contributed by atoms with Gasteiger partial charge in [-0.05, 0) is 37.6 Å². The summed E-state index contributed by atoms with van der Waals surface area (Å²) in [7, 11) is -3.30. The smallest absolute Gasteiger partial charge is 0.238 e. The van der Waals surface area contributed by atoms with Gasteiger partial charge in [0.1, 0.15) is 0 Å². The lowest BCUT2D eigenvalue weighted by atomic mass is 10.2. The van der Waals surface area contributed by atoms with Crippen molar-refractivity contribution in [3.05, 3.63) is 60.2 Å². The Labute approximate surface area is 149 Å². The monoisotopic (exact) mass is 360 g/mol. The average molecular weight is 360 g/mol. The quantitative estimate of drug-likeness (QED) is 0.824. The van der Waals surface area contributed by atoms with Gasteiger partial charge >= 0.3 is 0 Å². The fourth-order valence-corrected chi connectivity index (χ4v) is 3.10. The number of anilines is 1. The third kappa shape index (κ3) is 5.99. The van der Waals surface area contributed by atoms with Crippen molar-refractivity contribution < 1.29 is 13.2 Å². The number of carbonyl (C=O) groups is 1. The van der Waals surface area contributed by atoms with Crippen molar-refractivity contribution in [3.8, 4) is 0 Å². The molecule has 0 aliphatic rings. The first-order chi connectivity index (χ1) is 11.8. The van der Waals surface area contributed by atoms with E-state index in [1.54, 1.807) is 12.1 Å². The summed E-state index contributed by atoms with van der Waals surface area (Å²) in [6.45, 7) is 4.99. The number of nitrogens with one attached hydrogen (secondary N) is 1. The van der Waals surface area contributed by atoms with Crippen molar-refractivity contribution in [1.82, 2.24) is 4.90 Å². The van der Waals surface area contributed by atoms with Crippen molar-refractivity contribution in [2.75, 3.05) is 18.1 Å².